The number of anilines is 2. The van der Waals surface area contributed by atoms with Gasteiger partial charge < -0.3 is 11.1 Å². The van der Waals surface area contributed by atoms with Crippen molar-refractivity contribution in [1.82, 2.24) is 15.0 Å². The molecule has 0 fully saturated rings. The van der Waals surface area contributed by atoms with Crippen LogP contribution in [0.4, 0.5) is 16.0 Å². The van der Waals surface area contributed by atoms with Gasteiger partial charge in [0.25, 0.3) is 0 Å². The summed E-state index contributed by atoms with van der Waals surface area (Å²) in [5.74, 6) is -0.0376. The highest BCUT2D eigenvalue weighted by Gasteiger charge is 2.20. The molecule has 0 amide bonds. The fourth-order valence-corrected chi connectivity index (χ4v) is 3.65. The van der Waals surface area contributed by atoms with E-state index >= 15 is 0 Å². The maximum Gasteiger partial charge on any atom is 0.150 e. The molecule has 1 atom stereocenters. The third-order valence-corrected chi connectivity index (χ3v) is 5.08. The van der Waals surface area contributed by atoms with Crippen molar-refractivity contribution in [2.75, 3.05) is 11.1 Å². The Morgan fingerprint density at radius 1 is 1.17 bits per heavy atom. The summed E-state index contributed by atoms with van der Waals surface area (Å²) >= 11 is 6.26. The van der Waals surface area contributed by atoms with Gasteiger partial charge >= 0.3 is 0 Å². The third kappa shape index (κ3) is 3.49. The molecule has 0 aliphatic heterocycles. The molecule has 2 heterocycles. The number of nitrogens with two attached hydrogens (primary N) is 1. The second-order valence-electron chi connectivity index (χ2n) is 6.70. The van der Waals surface area contributed by atoms with Crippen LogP contribution in [0.5, 0.6) is 0 Å². The van der Waals surface area contributed by atoms with E-state index in [0.29, 0.717) is 16.7 Å². The molecule has 30 heavy (non-hydrogen) atoms. The van der Waals surface area contributed by atoms with E-state index in [1.807, 2.05) is 43.3 Å². The van der Waals surface area contributed by atoms with Gasteiger partial charge in [-0.1, -0.05) is 41.9 Å². The molecule has 1 unspecified atom stereocenters. The first-order valence-corrected chi connectivity index (χ1v) is 9.47. The Kier molecular flexibility index (Phi) is 5.17. The fraction of sp³-hybridized carbons (Fsp3) is 0.0909. The Labute approximate surface area is 177 Å². The first-order chi connectivity index (χ1) is 14.5. The average molecular weight is 419 g/mol. The lowest BCUT2D eigenvalue weighted by Gasteiger charge is -2.21. The number of pyridine rings is 1. The maximum absolute atomic E-state index is 14.2. The van der Waals surface area contributed by atoms with Crippen LogP contribution in [-0.4, -0.2) is 15.0 Å². The smallest absolute Gasteiger partial charge is 0.150 e. The lowest BCUT2D eigenvalue weighted by atomic mass is 9.93. The van der Waals surface area contributed by atoms with E-state index in [0.717, 1.165) is 16.7 Å². The normalized spacial score (nSPS) is 11.8. The zero-order chi connectivity index (χ0) is 21.3. The maximum atomic E-state index is 14.2. The molecule has 0 radical (unpaired) electrons. The summed E-state index contributed by atoms with van der Waals surface area (Å²) in [6, 6.07) is 14.0. The van der Waals surface area contributed by atoms with Crippen LogP contribution in [0.1, 0.15) is 24.1 Å². The average Bonchev–Trinajstić information content (AvgIpc) is 2.73. The number of nitriles is 1. The van der Waals surface area contributed by atoms with Crippen molar-refractivity contribution < 1.29 is 4.39 Å². The molecule has 0 saturated heterocycles. The van der Waals surface area contributed by atoms with Gasteiger partial charge in [0.15, 0.2) is 0 Å². The van der Waals surface area contributed by atoms with E-state index in [-0.39, 0.29) is 22.4 Å². The van der Waals surface area contributed by atoms with Gasteiger partial charge in [0.2, 0.25) is 0 Å². The number of hydrogen-bond acceptors (Lipinski definition) is 6. The van der Waals surface area contributed by atoms with E-state index in [2.05, 4.69) is 20.3 Å². The summed E-state index contributed by atoms with van der Waals surface area (Å²) < 4.78 is 14.2. The van der Waals surface area contributed by atoms with E-state index in [4.69, 9.17) is 17.3 Å². The van der Waals surface area contributed by atoms with E-state index in [1.165, 1.54) is 18.5 Å². The van der Waals surface area contributed by atoms with Crippen molar-refractivity contribution in [2.45, 2.75) is 13.0 Å². The number of aromatic nitrogens is 3. The molecule has 0 saturated carbocycles. The fourth-order valence-electron chi connectivity index (χ4n) is 3.40. The highest BCUT2D eigenvalue weighted by atomic mass is 35.5. The summed E-state index contributed by atoms with van der Waals surface area (Å²) in [5.41, 5.74) is 8.93. The molecule has 6 nitrogen and oxygen atoms in total. The van der Waals surface area contributed by atoms with Crippen molar-refractivity contribution in [3.8, 4) is 17.2 Å². The Balaban J connectivity index is 1.91. The Morgan fingerprint density at radius 2 is 1.93 bits per heavy atom. The van der Waals surface area contributed by atoms with Gasteiger partial charge in [0, 0.05) is 17.1 Å². The summed E-state index contributed by atoms with van der Waals surface area (Å²) in [6.45, 7) is 1.90. The number of nitrogen functional groups attached to an aromatic ring is 1. The summed E-state index contributed by atoms with van der Waals surface area (Å²) in [5, 5.41) is 13.4. The molecular weight excluding hydrogens is 403 g/mol. The second kappa shape index (κ2) is 7.93. The minimum Gasteiger partial charge on any atom is -0.382 e. The van der Waals surface area contributed by atoms with Gasteiger partial charge in [-0.2, -0.15) is 5.26 Å². The van der Waals surface area contributed by atoms with E-state index in [9.17, 15) is 9.65 Å². The minimum atomic E-state index is -0.445. The van der Waals surface area contributed by atoms with Crippen molar-refractivity contribution in [2.24, 2.45) is 0 Å². The Bertz CT molecular complexity index is 1290. The molecule has 0 aliphatic rings. The van der Waals surface area contributed by atoms with Crippen molar-refractivity contribution in [3.63, 3.8) is 0 Å². The topological polar surface area (TPSA) is 101 Å². The highest BCUT2D eigenvalue weighted by molar-refractivity contribution is 6.35. The van der Waals surface area contributed by atoms with Crippen molar-refractivity contribution in [3.05, 3.63) is 77.0 Å². The van der Waals surface area contributed by atoms with E-state index < -0.39 is 5.82 Å². The number of nitrogens with zero attached hydrogens (tertiary/aromatic N) is 4. The zero-order valence-electron chi connectivity index (χ0n) is 15.9. The van der Waals surface area contributed by atoms with Gasteiger partial charge in [-0.05, 0) is 30.2 Å². The molecule has 8 heteroatoms. The van der Waals surface area contributed by atoms with Gasteiger partial charge in [-0.15, -0.1) is 0 Å². The summed E-state index contributed by atoms with van der Waals surface area (Å²) in [6.07, 6.45) is 2.99. The number of benzene rings is 2. The van der Waals surface area contributed by atoms with E-state index in [1.54, 1.807) is 6.20 Å². The lowest BCUT2D eigenvalue weighted by Crippen LogP contribution is -2.12. The standard InChI is InChI=1S/C22H16ClFN6/c1-12(30-22-16(9-25)21(26)28-11-29-22)17-10-27-20-15(7-14(24)8-18(20)23)19(17)13-5-3-2-4-6-13/h2-8,10-12H,1H3,(H3,26,28,29,30). The first-order valence-electron chi connectivity index (χ1n) is 9.09. The molecule has 148 valence electrons. The van der Waals surface area contributed by atoms with Crippen molar-refractivity contribution in [1.29, 1.82) is 5.26 Å². The monoisotopic (exact) mass is 418 g/mol. The van der Waals surface area contributed by atoms with Crippen molar-refractivity contribution >= 4 is 34.1 Å². The van der Waals surface area contributed by atoms with Gasteiger partial charge in [-0.25, -0.2) is 14.4 Å². The molecule has 4 rings (SSSR count). The quantitative estimate of drug-likeness (QED) is 0.477. The Hall–Kier alpha value is -3.76. The minimum absolute atomic E-state index is 0.0935. The predicted molar refractivity (Wildman–Crippen MR) is 115 cm³/mol. The summed E-state index contributed by atoms with van der Waals surface area (Å²) in [7, 11) is 0. The number of fused-ring (bicyclic) bond motifs is 1. The molecule has 2 aromatic heterocycles. The number of hydrogen-bond donors (Lipinski definition) is 2. The van der Waals surface area contributed by atoms with Crippen LogP contribution in [-0.2, 0) is 0 Å². The summed E-state index contributed by atoms with van der Waals surface area (Å²) in [4.78, 5) is 12.5. The predicted octanol–water partition coefficient (Wildman–Crippen LogP) is 5.11. The van der Waals surface area contributed by atoms with Gasteiger partial charge in [-0.3, -0.25) is 4.98 Å². The molecule has 4 aromatic rings. The first kappa shape index (κ1) is 19.6. The number of nitrogens with one attached hydrogen (secondary N) is 1. The molecule has 2 aromatic carbocycles. The lowest BCUT2D eigenvalue weighted by molar-refractivity contribution is 0.629. The molecular formula is C22H16ClFN6. The van der Waals surface area contributed by atoms with Crippen LogP contribution in [0.15, 0.2) is 55.0 Å². The van der Waals surface area contributed by atoms with Crippen LogP contribution >= 0.6 is 11.6 Å². The molecule has 0 bridgehead atoms. The van der Waals surface area contributed by atoms with Crippen LogP contribution in [0, 0.1) is 17.1 Å². The van der Waals surface area contributed by atoms with Gasteiger partial charge in [0.1, 0.15) is 35.4 Å². The Morgan fingerprint density at radius 3 is 2.67 bits per heavy atom. The largest absolute Gasteiger partial charge is 0.382 e. The SMILES string of the molecule is CC(Nc1ncnc(N)c1C#N)c1cnc2c(Cl)cc(F)cc2c1-c1ccccc1. The number of halogens is 2. The molecule has 0 aliphatic carbocycles. The van der Waals surface area contributed by atoms with Crippen LogP contribution in [0.3, 0.4) is 0 Å². The van der Waals surface area contributed by atoms with Crippen LogP contribution < -0.4 is 11.1 Å². The van der Waals surface area contributed by atoms with Crippen LogP contribution in [0.25, 0.3) is 22.0 Å². The molecule has 3 N–H and O–H groups in total. The van der Waals surface area contributed by atoms with Gasteiger partial charge in [0.05, 0.1) is 16.6 Å². The van der Waals surface area contributed by atoms with Crippen LogP contribution in [0.2, 0.25) is 5.02 Å². The zero-order valence-corrected chi connectivity index (χ0v) is 16.7. The highest BCUT2D eigenvalue weighted by Crippen LogP contribution is 2.38. The third-order valence-electron chi connectivity index (χ3n) is 4.79. The molecule has 0 spiro atoms. The number of rotatable bonds is 4. The second-order valence-corrected chi connectivity index (χ2v) is 7.11.